The number of anilines is 1. The van der Waals surface area contributed by atoms with Gasteiger partial charge in [-0.2, -0.15) is 5.26 Å². The molecule has 0 aliphatic rings. The molecule has 2 aromatic rings. The minimum absolute atomic E-state index is 0.0368. The fraction of sp³-hybridized carbons (Fsp3) is 0.200. The van der Waals surface area contributed by atoms with Gasteiger partial charge in [-0.1, -0.05) is 25.1 Å². The molecule has 0 aliphatic heterocycles. The fourth-order valence-electron chi connectivity index (χ4n) is 2.11. The molecule has 0 radical (unpaired) electrons. The maximum atomic E-state index is 12.3. The first kappa shape index (κ1) is 18.8. The second-order valence-electron chi connectivity index (χ2n) is 5.52. The van der Waals surface area contributed by atoms with E-state index in [0.717, 1.165) is 27.8 Å². The number of ether oxygens (including phenoxy) is 1. The van der Waals surface area contributed by atoms with Crippen LogP contribution in [0, 0.1) is 18.3 Å². The summed E-state index contributed by atoms with van der Waals surface area (Å²) in [5.41, 5.74) is 2.50. The van der Waals surface area contributed by atoms with E-state index in [1.165, 1.54) is 0 Å². The summed E-state index contributed by atoms with van der Waals surface area (Å²) in [4.78, 5) is 12.3. The highest BCUT2D eigenvalue weighted by Gasteiger charge is 2.11. The molecule has 0 saturated carbocycles. The average Bonchev–Trinajstić information content (AvgIpc) is 2.61. The van der Waals surface area contributed by atoms with Gasteiger partial charge in [0.05, 0.1) is 12.3 Å². The number of hydrogen-bond acceptors (Lipinski definition) is 3. The van der Waals surface area contributed by atoms with Crippen LogP contribution in [0.15, 0.2) is 52.5 Å². The van der Waals surface area contributed by atoms with Crippen molar-refractivity contribution in [3.8, 4) is 11.8 Å². The van der Waals surface area contributed by atoms with Crippen LogP contribution in [0.2, 0.25) is 0 Å². The summed E-state index contributed by atoms with van der Waals surface area (Å²) >= 11 is 3.41. The maximum Gasteiger partial charge on any atom is 0.266 e. The predicted octanol–water partition coefficient (Wildman–Crippen LogP) is 5.09. The SMILES string of the molecule is CCCOc1ccc(/C=C(\C#N)C(=O)Nc2ccc(C)cc2Br)cc1. The minimum atomic E-state index is -0.446. The van der Waals surface area contributed by atoms with E-state index >= 15 is 0 Å². The van der Waals surface area contributed by atoms with Crippen molar-refractivity contribution in [2.24, 2.45) is 0 Å². The van der Waals surface area contributed by atoms with Crippen LogP contribution in [-0.2, 0) is 4.79 Å². The molecule has 2 rings (SSSR count). The summed E-state index contributed by atoms with van der Waals surface area (Å²) in [5.74, 6) is 0.323. The Morgan fingerprint density at radius 3 is 2.60 bits per heavy atom. The number of halogens is 1. The highest BCUT2D eigenvalue weighted by Crippen LogP contribution is 2.24. The molecule has 0 unspecified atom stereocenters. The van der Waals surface area contributed by atoms with E-state index < -0.39 is 5.91 Å². The van der Waals surface area contributed by atoms with Gasteiger partial charge in [0.25, 0.3) is 5.91 Å². The van der Waals surface area contributed by atoms with Gasteiger partial charge in [-0.25, -0.2) is 0 Å². The molecule has 2 aromatic carbocycles. The molecule has 0 fully saturated rings. The molecule has 5 heteroatoms. The van der Waals surface area contributed by atoms with E-state index in [0.29, 0.717) is 12.3 Å². The molecule has 1 N–H and O–H groups in total. The van der Waals surface area contributed by atoms with Gasteiger partial charge < -0.3 is 10.1 Å². The van der Waals surface area contributed by atoms with Crippen molar-refractivity contribution in [1.82, 2.24) is 0 Å². The molecule has 0 spiro atoms. The third kappa shape index (κ3) is 5.47. The van der Waals surface area contributed by atoms with Crippen LogP contribution in [0.3, 0.4) is 0 Å². The van der Waals surface area contributed by atoms with Crippen molar-refractivity contribution in [3.63, 3.8) is 0 Å². The van der Waals surface area contributed by atoms with Gasteiger partial charge in [0.15, 0.2) is 0 Å². The van der Waals surface area contributed by atoms with Crippen LogP contribution >= 0.6 is 15.9 Å². The van der Waals surface area contributed by atoms with Crippen LogP contribution in [0.5, 0.6) is 5.75 Å². The molecule has 0 bridgehead atoms. The second kappa shape index (κ2) is 9.05. The van der Waals surface area contributed by atoms with Gasteiger partial charge in [0.1, 0.15) is 17.4 Å². The minimum Gasteiger partial charge on any atom is -0.494 e. The van der Waals surface area contributed by atoms with Crippen LogP contribution < -0.4 is 10.1 Å². The number of hydrogen-bond donors (Lipinski definition) is 1. The van der Waals surface area contributed by atoms with Gasteiger partial charge in [0, 0.05) is 4.47 Å². The van der Waals surface area contributed by atoms with Crippen LogP contribution in [0.4, 0.5) is 5.69 Å². The zero-order valence-electron chi connectivity index (χ0n) is 14.2. The predicted molar refractivity (Wildman–Crippen MR) is 103 cm³/mol. The van der Waals surface area contributed by atoms with Crippen LogP contribution in [-0.4, -0.2) is 12.5 Å². The number of nitriles is 1. The molecule has 0 saturated heterocycles. The summed E-state index contributed by atoms with van der Waals surface area (Å²) in [7, 11) is 0. The molecule has 128 valence electrons. The van der Waals surface area contributed by atoms with E-state index in [-0.39, 0.29) is 5.57 Å². The number of amides is 1. The molecule has 0 heterocycles. The Bertz CT molecular complexity index is 821. The highest BCUT2D eigenvalue weighted by molar-refractivity contribution is 9.10. The molecular weight excluding hydrogens is 380 g/mol. The number of carbonyl (C=O) groups is 1. The van der Waals surface area contributed by atoms with Gasteiger partial charge in [-0.3, -0.25) is 4.79 Å². The van der Waals surface area contributed by atoms with Crippen LogP contribution in [0.1, 0.15) is 24.5 Å². The zero-order chi connectivity index (χ0) is 18.2. The average molecular weight is 399 g/mol. The first-order chi connectivity index (χ1) is 12.0. The normalized spacial score (nSPS) is 10.9. The highest BCUT2D eigenvalue weighted by atomic mass is 79.9. The van der Waals surface area contributed by atoms with Gasteiger partial charge in [-0.15, -0.1) is 0 Å². The molecule has 1 amide bonds. The van der Waals surface area contributed by atoms with E-state index in [1.54, 1.807) is 12.1 Å². The Balaban J connectivity index is 2.13. The largest absolute Gasteiger partial charge is 0.494 e. The molecule has 0 aromatic heterocycles. The van der Waals surface area contributed by atoms with Gasteiger partial charge >= 0.3 is 0 Å². The quantitative estimate of drug-likeness (QED) is 0.544. The lowest BCUT2D eigenvalue weighted by Gasteiger charge is -2.08. The molecule has 0 aliphatic carbocycles. The Labute approximate surface area is 156 Å². The third-order valence-electron chi connectivity index (χ3n) is 3.40. The topological polar surface area (TPSA) is 62.1 Å². The summed E-state index contributed by atoms with van der Waals surface area (Å²) in [5, 5.41) is 12.1. The summed E-state index contributed by atoms with van der Waals surface area (Å²) in [6.45, 7) is 4.67. The van der Waals surface area contributed by atoms with Crippen molar-refractivity contribution >= 4 is 33.6 Å². The summed E-state index contributed by atoms with van der Waals surface area (Å²) < 4.78 is 6.29. The Morgan fingerprint density at radius 2 is 2.00 bits per heavy atom. The molecule has 25 heavy (non-hydrogen) atoms. The van der Waals surface area contributed by atoms with Crippen molar-refractivity contribution < 1.29 is 9.53 Å². The molecule has 0 atom stereocenters. The van der Waals surface area contributed by atoms with Crippen LogP contribution in [0.25, 0.3) is 6.08 Å². The number of nitrogens with one attached hydrogen (secondary N) is 1. The molecular formula is C20H19BrN2O2. The van der Waals surface area contributed by atoms with E-state index in [4.69, 9.17) is 4.74 Å². The van der Waals surface area contributed by atoms with Crippen molar-refractivity contribution in [2.75, 3.05) is 11.9 Å². The number of rotatable bonds is 6. The van der Waals surface area contributed by atoms with E-state index in [1.807, 2.05) is 56.3 Å². The van der Waals surface area contributed by atoms with E-state index in [9.17, 15) is 10.1 Å². The van der Waals surface area contributed by atoms with Gasteiger partial charge in [-0.05, 0) is 70.7 Å². The van der Waals surface area contributed by atoms with Crippen molar-refractivity contribution in [1.29, 1.82) is 5.26 Å². The number of aryl methyl sites for hydroxylation is 1. The number of carbonyl (C=O) groups excluding carboxylic acids is 1. The Kier molecular flexibility index (Phi) is 6.79. The number of nitrogens with zero attached hydrogens (tertiary/aromatic N) is 1. The van der Waals surface area contributed by atoms with E-state index in [2.05, 4.69) is 21.2 Å². The maximum absolute atomic E-state index is 12.3. The lowest BCUT2D eigenvalue weighted by Crippen LogP contribution is -2.13. The van der Waals surface area contributed by atoms with Crippen molar-refractivity contribution in [3.05, 3.63) is 63.6 Å². The van der Waals surface area contributed by atoms with Crippen molar-refractivity contribution in [2.45, 2.75) is 20.3 Å². The zero-order valence-corrected chi connectivity index (χ0v) is 15.8. The molecule has 4 nitrogen and oxygen atoms in total. The first-order valence-electron chi connectivity index (χ1n) is 7.95. The van der Waals surface area contributed by atoms with Gasteiger partial charge in [0.2, 0.25) is 0 Å². The number of benzene rings is 2. The lowest BCUT2D eigenvalue weighted by molar-refractivity contribution is -0.112. The summed E-state index contributed by atoms with van der Waals surface area (Å²) in [6.07, 6.45) is 2.50. The Hall–Kier alpha value is -2.58. The summed E-state index contributed by atoms with van der Waals surface area (Å²) in [6, 6.07) is 14.8. The first-order valence-corrected chi connectivity index (χ1v) is 8.75. The Morgan fingerprint density at radius 1 is 1.28 bits per heavy atom. The third-order valence-corrected chi connectivity index (χ3v) is 4.06. The lowest BCUT2D eigenvalue weighted by atomic mass is 10.1. The monoisotopic (exact) mass is 398 g/mol. The fourth-order valence-corrected chi connectivity index (χ4v) is 2.70. The smallest absolute Gasteiger partial charge is 0.266 e. The second-order valence-corrected chi connectivity index (χ2v) is 6.38. The standard InChI is InChI=1S/C20H19BrN2O2/c1-3-10-25-17-7-5-15(6-8-17)12-16(13-22)20(24)23-19-9-4-14(2)11-18(19)21/h4-9,11-12H,3,10H2,1-2H3,(H,23,24)/b16-12+.